The highest BCUT2D eigenvalue weighted by atomic mass is 127. The third kappa shape index (κ3) is 7.33. The van der Waals surface area contributed by atoms with Crippen LogP contribution in [-0.4, -0.2) is 54.6 Å². The van der Waals surface area contributed by atoms with Crippen LogP contribution in [0.15, 0.2) is 29.3 Å². The van der Waals surface area contributed by atoms with Crippen molar-refractivity contribution in [3.05, 3.63) is 41.5 Å². The Bertz CT molecular complexity index is 720. The van der Waals surface area contributed by atoms with E-state index in [2.05, 4.69) is 31.9 Å². The van der Waals surface area contributed by atoms with Crippen molar-refractivity contribution in [2.75, 3.05) is 33.9 Å². The summed E-state index contributed by atoms with van der Waals surface area (Å²) in [5.74, 6) is 3.31. The summed E-state index contributed by atoms with van der Waals surface area (Å²) in [6.07, 6.45) is 0.831. The molecule has 1 aromatic heterocycles. The summed E-state index contributed by atoms with van der Waals surface area (Å²) in [4.78, 5) is 4.60. The van der Waals surface area contributed by atoms with Gasteiger partial charge in [-0.2, -0.15) is 0 Å². The quantitative estimate of drug-likeness (QED) is 0.242. The first-order chi connectivity index (χ1) is 12.7. The van der Waals surface area contributed by atoms with Crippen LogP contribution in [0.5, 0.6) is 5.75 Å². The summed E-state index contributed by atoms with van der Waals surface area (Å²) < 4.78 is 12.4. The van der Waals surface area contributed by atoms with Gasteiger partial charge in [0.15, 0.2) is 11.8 Å². The molecule has 2 aromatic rings. The van der Waals surface area contributed by atoms with Crippen LogP contribution in [0.4, 0.5) is 0 Å². The van der Waals surface area contributed by atoms with Gasteiger partial charge in [0.05, 0.1) is 13.7 Å². The monoisotopic (exact) mass is 488 g/mol. The lowest BCUT2D eigenvalue weighted by Crippen LogP contribution is -2.40. The lowest BCUT2D eigenvalue weighted by atomic mass is 10.1. The number of nitrogens with zero attached hydrogens (tertiary/aromatic N) is 4. The zero-order valence-corrected chi connectivity index (χ0v) is 18.7. The van der Waals surface area contributed by atoms with E-state index in [9.17, 15) is 0 Å². The van der Waals surface area contributed by atoms with E-state index in [1.54, 1.807) is 14.2 Å². The molecular weight excluding hydrogens is 459 g/mol. The zero-order chi connectivity index (χ0) is 18.8. The van der Waals surface area contributed by atoms with Gasteiger partial charge in [-0.1, -0.05) is 18.2 Å². The third-order valence-corrected chi connectivity index (χ3v) is 4.04. The number of aliphatic imine (C=N–C) groups is 1. The Morgan fingerprint density at radius 2 is 1.89 bits per heavy atom. The van der Waals surface area contributed by atoms with Crippen LogP contribution in [0.1, 0.15) is 17.2 Å². The van der Waals surface area contributed by atoms with Gasteiger partial charge < -0.3 is 24.7 Å². The van der Waals surface area contributed by atoms with Gasteiger partial charge in [0.1, 0.15) is 18.1 Å². The number of benzene rings is 1. The van der Waals surface area contributed by atoms with E-state index in [0.717, 1.165) is 41.9 Å². The van der Waals surface area contributed by atoms with E-state index in [0.29, 0.717) is 19.7 Å². The number of methoxy groups -OCH3 is 2. The molecule has 0 aliphatic heterocycles. The molecule has 0 aliphatic carbocycles. The molecule has 150 valence electrons. The first kappa shape index (κ1) is 23.2. The van der Waals surface area contributed by atoms with Crippen molar-refractivity contribution in [1.82, 2.24) is 25.4 Å². The minimum Gasteiger partial charge on any atom is -0.496 e. The molecule has 0 amide bonds. The van der Waals surface area contributed by atoms with Gasteiger partial charge in [0.2, 0.25) is 0 Å². The van der Waals surface area contributed by atoms with Crippen LogP contribution in [0.25, 0.3) is 0 Å². The molecular formula is C18H29IN6O2. The second kappa shape index (κ2) is 12.5. The largest absolute Gasteiger partial charge is 0.496 e. The normalized spacial score (nSPS) is 11.0. The number of para-hydroxylation sites is 1. The second-order valence-electron chi connectivity index (χ2n) is 5.80. The fourth-order valence-electron chi connectivity index (χ4n) is 2.41. The minimum atomic E-state index is 0. The van der Waals surface area contributed by atoms with E-state index in [4.69, 9.17) is 9.47 Å². The lowest BCUT2D eigenvalue weighted by Gasteiger charge is -2.13. The van der Waals surface area contributed by atoms with Crippen LogP contribution in [-0.2, 0) is 24.8 Å². The molecule has 0 atom stereocenters. The van der Waals surface area contributed by atoms with Crippen molar-refractivity contribution < 1.29 is 9.47 Å². The molecule has 9 heteroatoms. The third-order valence-electron chi connectivity index (χ3n) is 4.04. The molecule has 0 saturated carbocycles. The Morgan fingerprint density at radius 1 is 1.15 bits per heavy atom. The summed E-state index contributed by atoms with van der Waals surface area (Å²) in [6, 6.07) is 8.02. The molecule has 0 aliphatic rings. The van der Waals surface area contributed by atoms with Gasteiger partial charge >= 0.3 is 0 Å². The SMILES string of the molecule is COCCNC(=NCc1nnc(C)n1C)NCCc1ccccc1OC.I. The molecule has 1 heterocycles. The standard InChI is InChI=1S/C18H28N6O2.HI/c1-14-22-23-17(24(14)2)13-21-18(20-11-12-25-3)19-10-9-15-7-5-6-8-16(15)26-4;/h5-8H,9-13H2,1-4H3,(H2,19,20,21);1H. The molecule has 0 fully saturated rings. The van der Waals surface area contributed by atoms with Gasteiger partial charge in [-0.25, -0.2) is 4.99 Å². The molecule has 0 spiro atoms. The predicted octanol–water partition coefficient (Wildman–Crippen LogP) is 1.67. The van der Waals surface area contributed by atoms with E-state index in [-0.39, 0.29) is 24.0 Å². The fourth-order valence-corrected chi connectivity index (χ4v) is 2.41. The first-order valence-corrected chi connectivity index (χ1v) is 8.63. The second-order valence-corrected chi connectivity index (χ2v) is 5.80. The van der Waals surface area contributed by atoms with Crippen LogP contribution in [0, 0.1) is 6.92 Å². The molecule has 1 aromatic carbocycles. The highest BCUT2D eigenvalue weighted by Gasteiger charge is 2.06. The summed E-state index contributed by atoms with van der Waals surface area (Å²) >= 11 is 0. The number of rotatable bonds is 9. The number of aryl methyl sites for hydroxylation is 1. The van der Waals surface area contributed by atoms with Crippen LogP contribution in [0.3, 0.4) is 0 Å². The highest BCUT2D eigenvalue weighted by molar-refractivity contribution is 14.0. The molecule has 0 unspecified atom stereocenters. The smallest absolute Gasteiger partial charge is 0.191 e. The van der Waals surface area contributed by atoms with E-state index < -0.39 is 0 Å². The van der Waals surface area contributed by atoms with Crippen molar-refractivity contribution in [2.24, 2.45) is 12.0 Å². The van der Waals surface area contributed by atoms with Crippen LogP contribution < -0.4 is 15.4 Å². The Labute approximate surface area is 177 Å². The predicted molar refractivity (Wildman–Crippen MR) is 117 cm³/mol. The maximum atomic E-state index is 5.39. The topological polar surface area (TPSA) is 85.6 Å². The number of nitrogens with one attached hydrogen (secondary N) is 2. The molecule has 0 radical (unpaired) electrons. The number of ether oxygens (including phenoxy) is 2. The first-order valence-electron chi connectivity index (χ1n) is 8.63. The van der Waals surface area contributed by atoms with Gasteiger partial charge in [-0.3, -0.25) is 0 Å². The Hall–Kier alpha value is -1.88. The number of aromatic nitrogens is 3. The number of hydrogen-bond donors (Lipinski definition) is 2. The van der Waals surface area contributed by atoms with Crippen molar-refractivity contribution in [1.29, 1.82) is 0 Å². The summed E-state index contributed by atoms with van der Waals surface area (Å²) in [6.45, 7) is 4.39. The fraction of sp³-hybridized carbons (Fsp3) is 0.500. The molecule has 0 saturated heterocycles. The van der Waals surface area contributed by atoms with E-state index in [1.165, 1.54) is 0 Å². The van der Waals surface area contributed by atoms with Gasteiger partial charge in [0, 0.05) is 27.2 Å². The number of halogens is 1. The average Bonchev–Trinajstić information content (AvgIpc) is 2.98. The molecule has 2 rings (SSSR count). The van der Waals surface area contributed by atoms with Crippen molar-refractivity contribution in [3.63, 3.8) is 0 Å². The molecule has 27 heavy (non-hydrogen) atoms. The van der Waals surface area contributed by atoms with Crippen molar-refractivity contribution in [2.45, 2.75) is 19.9 Å². The van der Waals surface area contributed by atoms with Crippen molar-refractivity contribution in [3.8, 4) is 5.75 Å². The number of guanidine groups is 1. The van der Waals surface area contributed by atoms with Gasteiger partial charge in [-0.05, 0) is 25.0 Å². The number of hydrogen-bond acceptors (Lipinski definition) is 5. The van der Waals surface area contributed by atoms with E-state index >= 15 is 0 Å². The Morgan fingerprint density at radius 3 is 2.56 bits per heavy atom. The maximum Gasteiger partial charge on any atom is 0.191 e. The van der Waals surface area contributed by atoms with Crippen molar-refractivity contribution >= 4 is 29.9 Å². The van der Waals surface area contributed by atoms with Gasteiger partial charge in [0.25, 0.3) is 0 Å². The lowest BCUT2D eigenvalue weighted by molar-refractivity contribution is 0.203. The zero-order valence-electron chi connectivity index (χ0n) is 16.4. The average molecular weight is 488 g/mol. The summed E-state index contributed by atoms with van der Waals surface area (Å²) in [5.41, 5.74) is 1.16. The molecule has 2 N–H and O–H groups in total. The van der Waals surface area contributed by atoms with E-state index in [1.807, 2.05) is 36.7 Å². The molecule has 0 bridgehead atoms. The van der Waals surface area contributed by atoms with Crippen LogP contribution in [0.2, 0.25) is 0 Å². The molecule has 8 nitrogen and oxygen atoms in total. The highest BCUT2D eigenvalue weighted by Crippen LogP contribution is 2.17. The van der Waals surface area contributed by atoms with Crippen LogP contribution >= 0.6 is 24.0 Å². The Kier molecular flexibility index (Phi) is 10.7. The van der Waals surface area contributed by atoms with Gasteiger partial charge in [-0.15, -0.1) is 34.2 Å². The minimum absolute atomic E-state index is 0. The Balaban J connectivity index is 0.00000364. The summed E-state index contributed by atoms with van der Waals surface area (Å²) in [7, 11) is 5.30. The summed E-state index contributed by atoms with van der Waals surface area (Å²) in [5, 5.41) is 14.8. The maximum absolute atomic E-state index is 5.39.